The van der Waals surface area contributed by atoms with Crippen molar-refractivity contribution in [1.82, 2.24) is 9.97 Å². The van der Waals surface area contributed by atoms with Gasteiger partial charge in [0.25, 0.3) is 0 Å². The van der Waals surface area contributed by atoms with Gasteiger partial charge in [-0.1, -0.05) is 17.7 Å². The van der Waals surface area contributed by atoms with Gasteiger partial charge >= 0.3 is 0 Å². The van der Waals surface area contributed by atoms with E-state index in [1.807, 2.05) is 19.1 Å². The first-order chi connectivity index (χ1) is 8.15. The summed E-state index contributed by atoms with van der Waals surface area (Å²) < 4.78 is 12.7. The van der Waals surface area contributed by atoms with Gasteiger partial charge in [0.1, 0.15) is 16.8 Å². The van der Waals surface area contributed by atoms with E-state index < -0.39 is 0 Å². The van der Waals surface area contributed by atoms with Crippen LogP contribution in [0.15, 0.2) is 36.5 Å². The molecule has 0 saturated carbocycles. The maximum absolute atomic E-state index is 12.7. The van der Waals surface area contributed by atoms with E-state index in [0.29, 0.717) is 11.0 Å². The average molecular weight is 252 g/mol. The minimum Gasteiger partial charge on any atom is -0.362 e. The number of halogens is 2. The lowest BCUT2D eigenvalue weighted by Gasteiger charge is -2.13. The summed E-state index contributed by atoms with van der Waals surface area (Å²) in [6.07, 6.45) is 1.19. The molecular weight excluding hydrogens is 241 g/mol. The highest BCUT2D eigenvalue weighted by Gasteiger charge is 2.07. The Balaban J connectivity index is 2.11. The highest BCUT2D eigenvalue weighted by Crippen LogP contribution is 2.17. The summed E-state index contributed by atoms with van der Waals surface area (Å²) in [6, 6.07) is 8.27. The number of aromatic nitrogens is 2. The third-order valence-electron chi connectivity index (χ3n) is 2.27. The molecule has 0 saturated heterocycles. The van der Waals surface area contributed by atoms with E-state index in [0.717, 1.165) is 5.69 Å². The maximum atomic E-state index is 12.7. The number of anilines is 1. The van der Waals surface area contributed by atoms with Crippen LogP contribution in [-0.4, -0.2) is 9.97 Å². The summed E-state index contributed by atoms with van der Waals surface area (Å²) in [5, 5.41) is 3.56. The monoisotopic (exact) mass is 251 g/mol. The molecule has 0 fully saturated rings. The first kappa shape index (κ1) is 11.8. The second-order valence-corrected chi connectivity index (χ2v) is 4.00. The minimum atomic E-state index is -0.346. The van der Waals surface area contributed by atoms with Crippen LogP contribution >= 0.6 is 11.6 Å². The van der Waals surface area contributed by atoms with Gasteiger partial charge in [0.2, 0.25) is 0 Å². The van der Waals surface area contributed by atoms with Gasteiger partial charge in [-0.2, -0.15) is 0 Å². The molecule has 0 aliphatic heterocycles. The van der Waals surface area contributed by atoms with E-state index in [-0.39, 0.29) is 11.9 Å². The van der Waals surface area contributed by atoms with Crippen LogP contribution < -0.4 is 5.32 Å². The molecule has 0 unspecified atom stereocenters. The van der Waals surface area contributed by atoms with Crippen LogP contribution in [0.4, 0.5) is 10.2 Å². The molecule has 5 heteroatoms. The first-order valence-corrected chi connectivity index (χ1v) is 5.53. The van der Waals surface area contributed by atoms with Gasteiger partial charge in [-0.05, 0) is 31.2 Å². The Morgan fingerprint density at radius 3 is 2.76 bits per heavy atom. The largest absolute Gasteiger partial charge is 0.362 e. The van der Waals surface area contributed by atoms with Crippen LogP contribution in [0.25, 0.3) is 0 Å². The zero-order chi connectivity index (χ0) is 12.3. The van der Waals surface area contributed by atoms with Gasteiger partial charge in [-0.15, -0.1) is 0 Å². The van der Waals surface area contributed by atoms with Gasteiger partial charge < -0.3 is 5.32 Å². The van der Waals surface area contributed by atoms with Gasteiger partial charge in [0, 0.05) is 0 Å². The Labute approximate surface area is 104 Å². The lowest BCUT2D eigenvalue weighted by molar-refractivity contribution is 0.617. The van der Waals surface area contributed by atoms with Crippen molar-refractivity contribution in [3.8, 4) is 0 Å². The molecule has 2 aromatic heterocycles. The molecule has 3 nitrogen and oxygen atoms in total. The fourth-order valence-electron chi connectivity index (χ4n) is 1.43. The van der Waals surface area contributed by atoms with Gasteiger partial charge in [-0.3, -0.25) is 4.98 Å². The van der Waals surface area contributed by atoms with Gasteiger partial charge in [0.15, 0.2) is 0 Å². The molecule has 0 amide bonds. The van der Waals surface area contributed by atoms with E-state index in [1.165, 1.54) is 12.3 Å². The molecule has 0 aliphatic carbocycles. The van der Waals surface area contributed by atoms with Crippen molar-refractivity contribution in [2.24, 2.45) is 0 Å². The Hall–Kier alpha value is -1.68. The fourth-order valence-corrected chi connectivity index (χ4v) is 1.59. The highest BCUT2D eigenvalue weighted by atomic mass is 35.5. The Morgan fingerprint density at radius 2 is 2.12 bits per heavy atom. The molecule has 0 radical (unpaired) electrons. The molecule has 2 aromatic rings. The standard InChI is InChI=1S/C12H11ClFN3/c1-8(10-6-5-9(14)7-15-10)16-12-4-2-3-11(13)17-12/h2-8H,1H3,(H,16,17)/t8-/m0/s1. The first-order valence-electron chi connectivity index (χ1n) is 5.16. The molecule has 0 aromatic carbocycles. The smallest absolute Gasteiger partial charge is 0.141 e. The van der Waals surface area contributed by atoms with E-state index in [1.54, 1.807) is 12.1 Å². The van der Waals surface area contributed by atoms with Crippen LogP contribution in [0.5, 0.6) is 0 Å². The zero-order valence-electron chi connectivity index (χ0n) is 9.19. The van der Waals surface area contributed by atoms with Crippen molar-refractivity contribution in [2.45, 2.75) is 13.0 Å². The quantitative estimate of drug-likeness (QED) is 0.849. The highest BCUT2D eigenvalue weighted by molar-refractivity contribution is 6.29. The molecule has 0 spiro atoms. The lowest BCUT2D eigenvalue weighted by atomic mass is 10.2. The molecule has 2 heterocycles. The lowest BCUT2D eigenvalue weighted by Crippen LogP contribution is -2.09. The Kier molecular flexibility index (Phi) is 3.54. The van der Waals surface area contributed by atoms with E-state index in [9.17, 15) is 4.39 Å². The number of hydrogen-bond acceptors (Lipinski definition) is 3. The predicted octanol–water partition coefficient (Wildman–Crippen LogP) is 3.44. The van der Waals surface area contributed by atoms with E-state index in [4.69, 9.17) is 11.6 Å². The third kappa shape index (κ3) is 3.14. The average Bonchev–Trinajstić information content (AvgIpc) is 2.29. The second-order valence-electron chi connectivity index (χ2n) is 3.61. The summed E-state index contributed by atoms with van der Waals surface area (Å²) in [5.41, 5.74) is 0.744. The van der Waals surface area contributed by atoms with Crippen LogP contribution in [0.1, 0.15) is 18.7 Å². The molecule has 1 atom stereocenters. The predicted molar refractivity (Wildman–Crippen MR) is 65.5 cm³/mol. The van der Waals surface area contributed by atoms with E-state index >= 15 is 0 Å². The molecule has 17 heavy (non-hydrogen) atoms. The van der Waals surface area contributed by atoms with Crippen molar-refractivity contribution in [3.05, 3.63) is 53.2 Å². The second kappa shape index (κ2) is 5.10. The molecule has 0 aliphatic rings. The number of hydrogen-bond donors (Lipinski definition) is 1. The minimum absolute atomic E-state index is 0.0680. The van der Waals surface area contributed by atoms with Crippen molar-refractivity contribution in [1.29, 1.82) is 0 Å². The molecule has 2 rings (SSSR count). The molecular formula is C12H11ClFN3. The van der Waals surface area contributed by atoms with Gasteiger partial charge in [0.05, 0.1) is 17.9 Å². The molecule has 88 valence electrons. The van der Waals surface area contributed by atoms with E-state index in [2.05, 4.69) is 15.3 Å². The normalized spacial score (nSPS) is 12.2. The SMILES string of the molecule is C[C@H](Nc1cccc(Cl)n1)c1ccc(F)cn1. The Bertz CT molecular complexity index is 501. The summed E-state index contributed by atoms with van der Waals surface area (Å²) in [5.74, 6) is 0.318. The third-order valence-corrected chi connectivity index (χ3v) is 2.48. The van der Waals surface area contributed by atoms with Crippen LogP contribution in [0.2, 0.25) is 5.15 Å². The summed E-state index contributed by atoms with van der Waals surface area (Å²) >= 11 is 5.78. The van der Waals surface area contributed by atoms with Crippen molar-refractivity contribution in [2.75, 3.05) is 5.32 Å². The summed E-state index contributed by atoms with van der Waals surface area (Å²) in [6.45, 7) is 1.92. The van der Waals surface area contributed by atoms with Crippen molar-refractivity contribution in [3.63, 3.8) is 0 Å². The number of nitrogens with one attached hydrogen (secondary N) is 1. The van der Waals surface area contributed by atoms with Crippen LogP contribution in [0.3, 0.4) is 0 Å². The number of pyridine rings is 2. The molecule has 1 N–H and O–H groups in total. The summed E-state index contributed by atoms with van der Waals surface area (Å²) in [7, 11) is 0. The number of rotatable bonds is 3. The maximum Gasteiger partial charge on any atom is 0.141 e. The number of nitrogens with zero attached hydrogens (tertiary/aromatic N) is 2. The topological polar surface area (TPSA) is 37.8 Å². The van der Waals surface area contributed by atoms with Gasteiger partial charge in [-0.25, -0.2) is 9.37 Å². The van der Waals surface area contributed by atoms with Crippen molar-refractivity contribution >= 4 is 17.4 Å². The fraction of sp³-hybridized carbons (Fsp3) is 0.167. The Morgan fingerprint density at radius 1 is 1.29 bits per heavy atom. The van der Waals surface area contributed by atoms with Crippen LogP contribution in [0, 0.1) is 5.82 Å². The molecule has 0 bridgehead atoms. The van der Waals surface area contributed by atoms with Crippen molar-refractivity contribution < 1.29 is 4.39 Å². The summed E-state index contributed by atoms with van der Waals surface area (Å²) in [4.78, 5) is 8.11. The zero-order valence-corrected chi connectivity index (χ0v) is 9.95. The van der Waals surface area contributed by atoms with Crippen LogP contribution in [-0.2, 0) is 0 Å².